The van der Waals surface area contributed by atoms with Crippen LogP contribution in [0.5, 0.6) is 5.75 Å². The van der Waals surface area contributed by atoms with Crippen LogP contribution in [0.1, 0.15) is 28.4 Å². The first-order valence-electron chi connectivity index (χ1n) is 7.00. The number of nitrogens with one attached hydrogen (secondary N) is 1. The van der Waals surface area contributed by atoms with Crippen molar-refractivity contribution in [3.63, 3.8) is 0 Å². The fourth-order valence-electron chi connectivity index (χ4n) is 2.17. The van der Waals surface area contributed by atoms with Crippen molar-refractivity contribution in [3.05, 3.63) is 58.1 Å². The highest BCUT2D eigenvalue weighted by molar-refractivity contribution is 6.30. The molecular weight excluding hydrogens is 302 g/mol. The third-order valence-electron chi connectivity index (χ3n) is 3.27. The van der Waals surface area contributed by atoms with Crippen molar-refractivity contribution >= 4 is 23.3 Å². The van der Waals surface area contributed by atoms with Gasteiger partial charge in [0.05, 0.1) is 12.2 Å². The molecule has 0 heterocycles. The number of halogens is 1. The fourth-order valence-corrected chi connectivity index (χ4v) is 2.36. The number of carboxylic acids is 1. The van der Waals surface area contributed by atoms with Crippen LogP contribution in [-0.4, -0.2) is 17.7 Å². The minimum absolute atomic E-state index is 0.279. The van der Waals surface area contributed by atoms with Crippen LogP contribution in [0.15, 0.2) is 36.4 Å². The minimum Gasteiger partial charge on any atom is -0.494 e. The predicted octanol–water partition coefficient (Wildman–Crippen LogP) is 4.36. The summed E-state index contributed by atoms with van der Waals surface area (Å²) in [6, 6.07) is 10.5. The maximum Gasteiger partial charge on any atom is 0.335 e. The van der Waals surface area contributed by atoms with E-state index in [2.05, 4.69) is 5.32 Å². The smallest absolute Gasteiger partial charge is 0.335 e. The molecule has 0 unspecified atom stereocenters. The van der Waals surface area contributed by atoms with E-state index in [1.54, 1.807) is 24.3 Å². The average molecular weight is 320 g/mol. The third kappa shape index (κ3) is 3.92. The summed E-state index contributed by atoms with van der Waals surface area (Å²) in [6.45, 7) is 4.93. The van der Waals surface area contributed by atoms with E-state index in [-0.39, 0.29) is 5.56 Å². The number of hydrogen-bond acceptors (Lipinski definition) is 3. The van der Waals surface area contributed by atoms with Gasteiger partial charge in [-0.05, 0) is 55.8 Å². The Morgan fingerprint density at radius 1 is 1.27 bits per heavy atom. The van der Waals surface area contributed by atoms with Gasteiger partial charge < -0.3 is 15.2 Å². The molecule has 0 fully saturated rings. The molecule has 0 saturated carbocycles. The van der Waals surface area contributed by atoms with E-state index < -0.39 is 5.97 Å². The topological polar surface area (TPSA) is 58.6 Å². The summed E-state index contributed by atoms with van der Waals surface area (Å²) in [7, 11) is 0. The van der Waals surface area contributed by atoms with Crippen LogP contribution in [0.3, 0.4) is 0 Å². The van der Waals surface area contributed by atoms with Crippen LogP contribution in [-0.2, 0) is 6.54 Å². The first-order valence-corrected chi connectivity index (χ1v) is 7.38. The Hall–Kier alpha value is -2.20. The van der Waals surface area contributed by atoms with E-state index in [1.165, 1.54) is 0 Å². The lowest BCUT2D eigenvalue weighted by atomic mass is 10.1. The summed E-state index contributed by atoms with van der Waals surface area (Å²) in [6.07, 6.45) is 0. The molecule has 5 heteroatoms. The molecule has 4 nitrogen and oxygen atoms in total. The van der Waals surface area contributed by atoms with Crippen LogP contribution < -0.4 is 10.1 Å². The normalized spacial score (nSPS) is 10.3. The Morgan fingerprint density at radius 3 is 2.68 bits per heavy atom. The Labute approximate surface area is 134 Å². The standard InChI is InChI=1S/C17H18ClNO3/c1-3-22-16-7-5-14(18)9-13(16)10-19-15-6-4-12(17(20)21)8-11(15)2/h4-9,19H,3,10H2,1-2H3,(H,20,21). The number of carboxylic acid groups (broad SMARTS) is 1. The van der Waals surface area contributed by atoms with Gasteiger partial charge in [-0.15, -0.1) is 0 Å². The van der Waals surface area contributed by atoms with Gasteiger partial charge in [0, 0.05) is 22.8 Å². The molecule has 0 bridgehead atoms. The van der Waals surface area contributed by atoms with Gasteiger partial charge in [-0.3, -0.25) is 0 Å². The molecule has 2 rings (SSSR count). The summed E-state index contributed by atoms with van der Waals surface area (Å²) in [5.74, 6) is -0.137. The van der Waals surface area contributed by atoms with Crippen LogP contribution in [0.2, 0.25) is 5.02 Å². The summed E-state index contributed by atoms with van der Waals surface area (Å²) in [5.41, 5.74) is 2.99. The number of aromatic carboxylic acids is 1. The quantitative estimate of drug-likeness (QED) is 0.830. The molecule has 0 radical (unpaired) electrons. The zero-order valence-electron chi connectivity index (χ0n) is 12.5. The van der Waals surface area contributed by atoms with Crippen molar-refractivity contribution in [2.75, 3.05) is 11.9 Å². The summed E-state index contributed by atoms with van der Waals surface area (Å²) in [4.78, 5) is 10.9. The first-order chi connectivity index (χ1) is 10.5. The molecule has 0 atom stereocenters. The van der Waals surface area contributed by atoms with E-state index in [1.807, 2.05) is 26.0 Å². The monoisotopic (exact) mass is 319 g/mol. The van der Waals surface area contributed by atoms with Gasteiger partial charge in [-0.2, -0.15) is 0 Å². The number of aryl methyl sites for hydroxylation is 1. The van der Waals surface area contributed by atoms with E-state index in [0.29, 0.717) is 18.2 Å². The van der Waals surface area contributed by atoms with Gasteiger partial charge >= 0.3 is 5.97 Å². The van der Waals surface area contributed by atoms with Crippen molar-refractivity contribution in [3.8, 4) is 5.75 Å². The molecule has 2 N–H and O–H groups in total. The zero-order valence-corrected chi connectivity index (χ0v) is 13.3. The Bertz CT molecular complexity index is 686. The molecule has 0 amide bonds. The molecule has 0 spiro atoms. The second-order valence-electron chi connectivity index (χ2n) is 4.87. The number of ether oxygens (including phenoxy) is 1. The second kappa shape index (κ2) is 7.18. The third-order valence-corrected chi connectivity index (χ3v) is 3.50. The molecular formula is C17H18ClNO3. The molecule has 0 aliphatic rings. The van der Waals surface area contributed by atoms with E-state index in [4.69, 9.17) is 21.4 Å². The van der Waals surface area contributed by atoms with E-state index in [0.717, 1.165) is 22.6 Å². The molecule has 2 aromatic rings. The number of hydrogen-bond donors (Lipinski definition) is 2. The molecule has 0 aliphatic heterocycles. The van der Waals surface area contributed by atoms with Crippen molar-refractivity contribution < 1.29 is 14.6 Å². The summed E-state index contributed by atoms with van der Waals surface area (Å²) in [5, 5.41) is 12.9. The molecule has 116 valence electrons. The lowest BCUT2D eigenvalue weighted by molar-refractivity contribution is 0.0697. The zero-order chi connectivity index (χ0) is 16.1. The van der Waals surface area contributed by atoms with Crippen molar-refractivity contribution in [1.29, 1.82) is 0 Å². The summed E-state index contributed by atoms with van der Waals surface area (Å²) >= 11 is 6.04. The van der Waals surface area contributed by atoms with Gasteiger partial charge in [0.2, 0.25) is 0 Å². The Morgan fingerprint density at radius 2 is 2.05 bits per heavy atom. The number of benzene rings is 2. The van der Waals surface area contributed by atoms with E-state index in [9.17, 15) is 4.79 Å². The lowest BCUT2D eigenvalue weighted by Gasteiger charge is -2.14. The highest BCUT2D eigenvalue weighted by Crippen LogP contribution is 2.25. The minimum atomic E-state index is -0.928. The largest absolute Gasteiger partial charge is 0.494 e. The molecule has 0 aliphatic carbocycles. The summed E-state index contributed by atoms with van der Waals surface area (Å²) < 4.78 is 5.58. The highest BCUT2D eigenvalue weighted by atomic mass is 35.5. The van der Waals surface area contributed by atoms with Gasteiger partial charge in [0.25, 0.3) is 0 Å². The predicted molar refractivity (Wildman–Crippen MR) is 88.1 cm³/mol. The molecule has 2 aromatic carbocycles. The van der Waals surface area contributed by atoms with E-state index >= 15 is 0 Å². The molecule has 0 aromatic heterocycles. The van der Waals surface area contributed by atoms with Crippen molar-refractivity contribution in [1.82, 2.24) is 0 Å². The fraction of sp³-hybridized carbons (Fsp3) is 0.235. The lowest BCUT2D eigenvalue weighted by Crippen LogP contribution is -2.05. The number of carbonyl (C=O) groups is 1. The molecule has 22 heavy (non-hydrogen) atoms. The molecule has 0 saturated heterocycles. The number of rotatable bonds is 6. The average Bonchev–Trinajstić information content (AvgIpc) is 2.48. The van der Waals surface area contributed by atoms with Crippen molar-refractivity contribution in [2.24, 2.45) is 0 Å². The van der Waals surface area contributed by atoms with Gasteiger partial charge in [0.15, 0.2) is 0 Å². The van der Waals surface area contributed by atoms with Gasteiger partial charge in [-0.25, -0.2) is 4.79 Å². The van der Waals surface area contributed by atoms with Crippen LogP contribution in [0.4, 0.5) is 5.69 Å². The van der Waals surface area contributed by atoms with Gasteiger partial charge in [0.1, 0.15) is 5.75 Å². The number of anilines is 1. The van der Waals surface area contributed by atoms with Crippen LogP contribution in [0, 0.1) is 6.92 Å². The second-order valence-corrected chi connectivity index (χ2v) is 5.31. The maximum atomic E-state index is 10.9. The maximum absolute atomic E-state index is 10.9. The SMILES string of the molecule is CCOc1ccc(Cl)cc1CNc1ccc(C(=O)O)cc1C. The van der Waals surface area contributed by atoms with Crippen LogP contribution in [0.25, 0.3) is 0 Å². The highest BCUT2D eigenvalue weighted by Gasteiger charge is 2.08. The van der Waals surface area contributed by atoms with Crippen LogP contribution >= 0.6 is 11.6 Å². The first kappa shape index (κ1) is 16.2. The Kier molecular flexibility index (Phi) is 5.28. The van der Waals surface area contributed by atoms with Crippen molar-refractivity contribution in [2.45, 2.75) is 20.4 Å². The Balaban J connectivity index is 2.16. The van der Waals surface area contributed by atoms with Gasteiger partial charge in [-0.1, -0.05) is 11.6 Å².